The Morgan fingerprint density at radius 1 is 1.32 bits per heavy atom. The summed E-state index contributed by atoms with van der Waals surface area (Å²) in [5, 5.41) is 4.31. The van der Waals surface area contributed by atoms with E-state index in [1.165, 1.54) is 18.4 Å². The summed E-state index contributed by atoms with van der Waals surface area (Å²) >= 11 is 0.785. The molecule has 0 bridgehead atoms. The van der Waals surface area contributed by atoms with E-state index in [1.807, 2.05) is 11.4 Å². The molecule has 25 heavy (non-hydrogen) atoms. The number of thiophene rings is 1. The third-order valence-corrected chi connectivity index (χ3v) is 3.76. The molecule has 3 rings (SSSR count). The number of ether oxygens (including phenoxy) is 1. The van der Waals surface area contributed by atoms with Gasteiger partial charge in [-0.25, -0.2) is 9.78 Å². The molecule has 0 aliphatic carbocycles. The van der Waals surface area contributed by atoms with Crippen molar-refractivity contribution in [2.45, 2.75) is 0 Å². The number of nitrogens with zero attached hydrogens (tertiary/aromatic N) is 1. The molecule has 1 aromatic carbocycles. The number of ketones is 1. The van der Waals surface area contributed by atoms with Crippen molar-refractivity contribution in [3.05, 3.63) is 46.2 Å². The standard InChI is InChI=1S/C14H11N3O3S.C2H6OS/c1-20-14(19)17-13-15-9-5-4-8(7-10(9)16-13)12(18)11-3-2-6-21-11;1-4(2)3/h2-7H,1H3,(H2,15,16,17,19);1-2H3. The van der Waals surface area contributed by atoms with Gasteiger partial charge in [0.25, 0.3) is 0 Å². The van der Waals surface area contributed by atoms with Crippen LogP contribution in [0.15, 0.2) is 35.7 Å². The van der Waals surface area contributed by atoms with E-state index in [0.717, 1.165) is 5.52 Å². The summed E-state index contributed by atoms with van der Waals surface area (Å²) in [6, 6.07) is 8.79. The number of imidazole rings is 1. The van der Waals surface area contributed by atoms with Crippen molar-refractivity contribution in [2.75, 3.05) is 24.9 Å². The fourth-order valence-corrected chi connectivity index (χ4v) is 2.59. The maximum Gasteiger partial charge on any atom is 0.413 e. The number of hydrogen-bond donors (Lipinski definition) is 2. The number of methoxy groups -OCH3 is 1. The van der Waals surface area contributed by atoms with Crippen LogP contribution in [-0.4, -0.2) is 46.0 Å². The zero-order valence-corrected chi connectivity index (χ0v) is 15.5. The number of anilines is 1. The largest absolute Gasteiger partial charge is 0.617 e. The Hall–Kier alpha value is -2.36. The molecule has 3 aromatic rings. The van der Waals surface area contributed by atoms with Crippen LogP contribution in [0.25, 0.3) is 11.0 Å². The Kier molecular flexibility index (Phi) is 6.57. The van der Waals surface area contributed by atoms with Crippen LogP contribution in [0.4, 0.5) is 10.7 Å². The molecule has 0 saturated heterocycles. The molecule has 2 heterocycles. The number of aromatic amines is 1. The van der Waals surface area contributed by atoms with Gasteiger partial charge in [-0.3, -0.25) is 10.1 Å². The van der Waals surface area contributed by atoms with Crippen molar-refractivity contribution < 1.29 is 18.9 Å². The van der Waals surface area contributed by atoms with Gasteiger partial charge in [0, 0.05) is 5.56 Å². The zero-order valence-electron chi connectivity index (χ0n) is 13.9. The molecule has 0 unspecified atom stereocenters. The molecule has 0 spiro atoms. The number of aromatic nitrogens is 2. The number of carbonyl (C=O) groups is 2. The van der Waals surface area contributed by atoms with Crippen molar-refractivity contribution in [3.8, 4) is 0 Å². The minimum atomic E-state index is -0.611. The predicted octanol–water partition coefficient (Wildman–Crippen LogP) is 3.03. The molecule has 0 fully saturated rings. The van der Waals surface area contributed by atoms with Crippen LogP contribution in [0, 0.1) is 0 Å². The Balaban J connectivity index is 0.000000511. The topological polar surface area (TPSA) is 107 Å². The van der Waals surface area contributed by atoms with Gasteiger partial charge in [0.15, 0.2) is 0 Å². The lowest BCUT2D eigenvalue weighted by molar-refractivity contribution is 0.104. The van der Waals surface area contributed by atoms with Crippen LogP contribution >= 0.6 is 11.3 Å². The first-order chi connectivity index (χ1) is 11.9. The first-order valence-corrected chi connectivity index (χ1v) is 9.93. The molecule has 2 N–H and O–H groups in total. The third-order valence-electron chi connectivity index (χ3n) is 2.90. The molecule has 0 saturated carbocycles. The molecule has 0 atom stereocenters. The van der Waals surface area contributed by atoms with Gasteiger partial charge in [-0.1, -0.05) is 17.2 Å². The Labute approximate surface area is 151 Å². The van der Waals surface area contributed by atoms with Gasteiger partial charge in [0.1, 0.15) is 0 Å². The van der Waals surface area contributed by atoms with Gasteiger partial charge in [-0.05, 0) is 29.6 Å². The fourth-order valence-electron chi connectivity index (χ4n) is 1.90. The number of hydrogen-bond acceptors (Lipinski definition) is 6. The molecule has 0 aliphatic rings. The summed E-state index contributed by atoms with van der Waals surface area (Å²) in [5.41, 5.74) is 1.88. The number of fused-ring (bicyclic) bond motifs is 1. The van der Waals surface area contributed by atoms with Crippen LogP contribution in [0.2, 0.25) is 0 Å². The molecule has 1 amide bonds. The molecule has 9 heteroatoms. The average Bonchev–Trinajstić information content (AvgIpc) is 3.21. The van der Waals surface area contributed by atoms with E-state index in [9.17, 15) is 14.1 Å². The van der Waals surface area contributed by atoms with Crippen LogP contribution in [0.1, 0.15) is 15.2 Å². The molecular formula is C16H17N3O4S2. The molecule has 0 radical (unpaired) electrons. The van der Waals surface area contributed by atoms with E-state index in [2.05, 4.69) is 20.0 Å². The van der Waals surface area contributed by atoms with Crippen molar-refractivity contribution in [3.63, 3.8) is 0 Å². The summed E-state index contributed by atoms with van der Waals surface area (Å²) in [7, 11) is 1.27. The van der Waals surface area contributed by atoms with E-state index in [1.54, 1.807) is 36.8 Å². The van der Waals surface area contributed by atoms with Crippen molar-refractivity contribution in [1.29, 1.82) is 0 Å². The predicted molar refractivity (Wildman–Crippen MR) is 99.9 cm³/mol. The van der Waals surface area contributed by atoms with E-state index in [-0.39, 0.29) is 11.7 Å². The second-order valence-electron chi connectivity index (χ2n) is 4.98. The Bertz CT molecular complexity index is 857. The van der Waals surface area contributed by atoms with E-state index in [4.69, 9.17) is 0 Å². The smallest absolute Gasteiger partial charge is 0.413 e. The number of rotatable bonds is 3. The molecular weight excluding hydrogens is 362 g/mol. The van der Waals surface area contributed by atoms with E-state index >= 15 is 0 Å². The number of H-pyrrole nitrogens is 1. The minimum absolute atomic E-state index is 0.0441. The van der Waals surface area contributed by atoms with Crippen LogP contribution in [0.3, 0.4) is 0 Å². The highest BCUT2D eigenvalue weighted by Crippen LogP contribution is 2.20. The van der Waals surface area contributed by atoms with Gasteiger partial charge in [-0.15, -0.1) is 11.3 Å². The normalized spacial score (nSPS) is 10.3. The van der Waals surface area contributed by atoms with Crippen molar-refractivity contribution >= 4 is 51.4 Å². The first-order valence-electron chi connectivity index (χ1n) is 7.08. The number of amides is 1. The Morgan fingerprint density at radius 2 is 2.04 bits per heavy atom. The monoisotopic (exact) mass is 379 g/mol. The highest BCUT2D eigenvalue weighted by atomic mass is 32.2. The minimum Gasteiger partial charge on any atom is -0.617 e. The first kappa shape index (κ1) is 19.0. The number of nitrogens with one attached hydrogen (secondary N) is 2. The quantitative estimate of drug-likeness (QED) is 0.537. The van der Waals surface area contributed by atoms with Crippen molar-refractivity contribution in [1.82, 2.24) is 9.97 Å². The molecule has 7 nitrogen and oxygen atoms in total. The lowest BCUT2D eigenvalue weighted by Crippen LogP contribution is -2.11. The van der Waals surface area contributed by atoms with E-state index < -0.39 is 17.3 Å². The fraction of sp³-hybridized carbons (Fsp3) is 0.188. The summed E-state index contributed by atoms with van der Waals surface area (Å²) < 4.78 is 14.1. The molecule has 132 valence electrons. The lowest BCUT2D eigenvalue weighted by atomic mass is 10.1. The second-order valence-corrected chi connectivity index (χ2v) is 7.41. The van der Waals surface area contributed by atoms with E-state index in [0.29, 0.717) is 16.0 Å². The lowest BCUT2D eigenvalue weighted by Gasteiger charge is -1.97. The maximum absolute atomic E-state index is 12.3. The second kappa shape index (κ2) is 8.65. The summed E-state index contributed by atoms with van der Waals surface area (Å²) in [5.74, 6) is 0.231. The third kappa shape index (κ3) is 5.31. The maximum atomic E-state index is 12.3. The van der Waals surface area contributed by atoms with Crippen molar-refractivity contribution in [2.24, 2.45) is 0 Å². The highest BCUT2D eigenvalue weighted by molar-refractivity contribution is 7.89. The summed E-state index contributed by atoms with van der Waals surface area (Å²) in [6.45, 7) is 0. The van der Waals surface area contributed by atoms with Crippen LogP contribution < -0.4 is 5.32 Å². The average molecular weight is 379 g/mol. The van der Waals surface area contributed by atoms with Gasteiger partial charge in [-0.2, -0.15) is 0 Å². The van der Waals surface area contributed by atoms with Gasteiger partial charge >= 0.3 is 6.09 Å². The number of carbonyl (C=O) groups excluding carboxylic acids is 2. The van der Waals surface area contributed by atoms with Gasteiger partial charge in [0.2, 0.25) is 11.7 Å². The van der Waals surface area contributed by atoms with Gasteiger partial charge < -0.3 is 14.3 Å². The number of benzene rings is 1. The molecule has 2 aromatic heterocycles. The molecule has 0 aliphatic heterocycles. The zero-order chi connectivity index (χ0) is 18.4. The van der Waals surface area contributed by atoms with Gasteiger partial charge in [0.05, 0.1) is 35.5 Å². The summed E-state index contributed by atoms with van der Waals surface area (Å²) in [4.78, 5) is 31.2. The summed E-state index contributed by atoms with van der Waals surface area (Å²) in [6.07, 6.45) is 2.67. The van der Waals surface area contributed by atoms with Crippen LogP contribution in [0.5, 0.6) is 0 Å². The van der Waals surface area contributed by atoms with Crippen LogP contribution in [-0.2, 0) is 15.9 Å². The Morgan fingerprint density at radius 3 is 2.64 bits per heavy atom. The SMILES string of the molecule is COC(=O)Nc1nc2cc(C(=O)c3cccs3)ccc2[nH]1.C[S+](C)[O-]. The highest BCUT2D eigenvalue weighted by Gasteiger charge is 2.12.